The molecule has 0 atom stereocenters. The van der Waals surface area contributed by atoms with Gasteiger partial charge in [-0.1, -0.05) is 11.6 Å². The highest BCUT2D eigenvalue weighted by Gasteiger charge is 2.00. The van der Waals surface area contributed by atoms with Crippen LogP contribution in [0.15, 0.2) is 18.2 Å². The first-order valence-corrected chi connectivity index (χ1v) is 4.34. The Morgan fingerprint density at radius 3 is 2.92 bits per heavy atom. The lowest BCUT2D eigenvalue weighted by Gasteiger charge is -2.05. The van der Waals surface area contributed by atoms with Gasteiger partial charge in [-0.3, -0.25) is 0 Å². The molecule has 0 unspecified atom stereocenters. The molecule has 0 saturated carbocycles. The Balaban J connectivity index is 2.53. The fourth-order valence-corrected chi connectivity index (χ4v) is 1.01. The summed E-state index contributed by atoms with van der Waals surface area (Å²) >= 11 is 5.56. The molecule has 0 bridgehead atoms. The van der Waals surface area contributed by atoms with Gasteiger partial charge in [0.25, 0.3) is 0 Å². The van der Waals surface area contributed by atoms with Gasteiger partial charge in [-0.25, -0.2) is 4.39 Å². The van der Waals surface area contributed by atoms with Crippen LogP contribution >= 0.6 is 11.6 Å². The molecule has 72 valence electrons. The molecule has 0 aromatic heterocycles. The van der Waals surface area contributed by atoms with E-state index in [-0.39, 0.29) is 5.02 Å². The van der Waals surface area contributed by atoms with E-state index < -0.39 is 5.82 Å². The number of hydrogen-bond acceptors (Lipinski definition) is 2. The summed E-state index contributed by atoms with van der Waals surface area (Å²) in [4.78, 5) is 0. The Hall–Kier alpha value is -0.800. The first-order chi connectivity index (χ1) is 6.24. The molecule has 0 saturated heterocycles. The van der Waals surface area contributed by atoms with Crippen LogP contribution in [-0.2, 0) is 0 Å². The van der Waals surface area contributed by atoms with Gasteiger partial charge in [-0.2, -0.15) is 0 Å². The number of nitrogens with one attached hydrogen (secondary N) is 1. The largest absolute Gasteiger partial charge is 0.492 e. The predicted octanol–water partition coefficient (Wildman–Crippen LogP) is 2.08. The summed E-state index contributed by atoms with van der Waals surface area (Å²) in [6, 6.07) is 4.31. The minimum atomic E-state index is -0.428. The lowest BCUT2D eigenvalue weighted by Crippen LogP contribution is -2.15. The van der Waals surface area contributed by atoms with Gasteiger partial charge < -0.3 is 10.1 Å². The maximum atomic E-state index is 12.7. The molecule has 0 aliphatic carbocycles. The van der Waals surface area contributed by atoms with Gasteiger partial charge in [0.2, 0.25) is 0 Å². The lowest BCUT2D eigenvalue weighted by molar-refractivity contribution is 0.318. The van der Waals surface area contributed by atoms with Gasteiger partial charge in [-0.15, -0.1) is 0 Å². The van der Waals surface area contributed by atoms with Crippen molar-refractivity contribution in [1.29, 1.82) is 0 Å². The molecular weight excluding hydrogens is 193 g/mol. The minimum Gasteiger partial charge on any atom is -0.492 e. The molecule has 4 heteroatoms. The van der Waals surface area contributed by atoms with Gasteiger partial charge >= 0.3 is 0 Å². The highest BCUT2D eigenvalue weighted by atomic mass is 35.5. The molecular formula is C9H11ClFNO. The number of hydrogen-bond donors (Lipinski definition) is 1. The fraction of sp³-hybridized carbons (Fsp3) is 0.333. The van der Waals surface area contributed by atoms with Crippen LogP contribution in [0.5, 0.6) is 5.75 Å². The topological polar surface area (TPSA) is 21.3 Å². The third-order valence-corrected chi connectivity index (χ3v) is 1.80. The highest BCUT2D eigenvalue weighted by Crippen LogP contribution is 2.20. The molecule has 13 heavy (non-hydrogen) atoms. The van der Waals surface area contributed by atoms with Crippen LogP contribution in [0.2, 0.25) is 5.02 Å². The van der Waals surface area contributed by atoms with Crippen LogP contribution in [0, 0.1) is 5.82 Å². The lowest BCUT2D eigenvalue weighted by atomic mass is 10.3. The maximum absolute atomic E-state index is 12.7. The molecule has 0 fully saturated rings. The van der Waals surface area contributed by atoms with E-state index in [1.807, 2.05) is 7.05 Å². The summed E-state index contributed by atoms with van der Waals surface area (Å²) in [5.74, 6) is 0.157. The van der Waals surface area contributed by atoms with E-state index in [0.717, 1.165) is 6.54 Å². The standard InChI is InChI=1S/C9H11ClFNO/c1-12-4-5-13-7-2-3-9(11)8(10)6-7/h2-3,6,12H,4-5H2,1H3. The predicted molar refractivity (Wildman–Crippen MR) is 50.8 cm³/mol. The zero-order chi connectivity index (χ0) is 9.68. The van der Waals surface area contributed by atoms with Crippen LogP contribution in [0.25, 0.3) is 0 Å². The fourth-order valence-electron chi connectivity index (χ4n) is 0.838. The molecule has 0 radical (unpaired) electrons. The molecule has 0 aliphatic rings. The number of benzene rings is 1. The summed E-state index contributed by atoms with van der Waals surface area (Å²) in [5.41, 5.74) is 0. The second-order valence-electron chi connectivity index (χ2n) is 2.53. The van der Waals surface area contributed by atoms with Crippen molar-refractivity contribution in [1.82, 2.24) is 5.32 Å². The van der Waals surface area contributed by atoms with Crippen molar-refractivity contribution in [2.45, 2.75) is 0 Å². The van der Waals surface area contributed by atoms with E-state index in [4.69, 9.17) is 16.3 Å². The zero-order valence-electron chi connectivity index (χ0n) is 7.31. The van der Waals surface area contributed by atoms with E-state index in [9.17, 15) is 4.39 Å². The SMILES string of the molecule is CNCCOc1ccc(F)c(Cl)c1. The van der Waals surface area contributed by atoms with Crippen molar-refractivity contribution >= 4 is 11.6 Å². The number of rotatable bonds is 4. The molecule has 0 heterocycles. The van der Waals surface area contributed by atoms with Crippen molar-refractivity contribution in [3.05, 3.63) is 29.0 Å². The van der Waals surface area contributed by atoms with Gasteiger partial charge in [0.05, 0.1) is 5.02 Å². The van der Waals surface area contributed by atoms with Crippen molar-refractivity contribution in [3.63, 3.8) is 0 Å². The Labute approximate surface area is 81.7 Å². The van der Waals surface area contributed by atoms with E-state index in [2.05, 4.69) is 5.32 Å². The molecule has 0 aliphatic heterocycles. The monoisotopic (exact) mass is 203 g/mol. The third kappa shape index (κ3) is 3.20. The van der Waals surface area contributed by atoms with Gasteiger partial charge in [0.15, 0.2) is 0 Å². The van der Waals surface area contributed by atoms with Crippen molar-refractivity contribution in [2.24, 2.45) is 0 Å². The average Bonchev–Trinajstić information content (AvgIpc) is 2.12. The number of likely N-dealkylation sites (N-methyl/N-ethyl adjacent to an activating group) is 1. The Morgan fingerprint density at radius 1 is 1.54 bits per heavy atom. The summed E-state index contributed by atoms with van der Waals surface area (Å²) in [5, 5.41) is 3.02. The molecule has 2 nitrogen and oxygen atoms in total. The van der Waals surface area contributed by atoms with Crippen LogP contribution in [-0.4, -0.2) is 20.2 Å². The highest BCUT2D eigenvalue weighted by molar-refractivity contribution is 6.30. The van der Waals surface area contributed by atoms with Gasteiger partial charge in [0.1, 0.15) is 18.2 Å². The Morgan fingerprint density at radius 2 is 2.31 bits per heavy atom. The van der Waals surface area contributed by atoms with Gasteiger partial charge in [0, 0.05) is 12.6 Å². The van der Waals surface area contributed by atoms with Crippen LogP contribution in [0.4, 0.5) is 4.39 Å². The number of ether oxygens (including phenoxy) is 1. The smallest absolute Gasteiger partial charge is 0.142 e. The molecule has 1 aromatic rings. The van der Waals surface area contributed by atoms with Crippen molar-refractivity contribution in [3.8, 4) is 5.75 Å². The summed E-state index contributed by atoms with van der Waals surface area (Å²) in [6.45, 7) is 1.29. The van der Waals surface area contributed by atoms with E-state index in [1.165, 1.54) is 12.1 Å². The summed E-state index contributed by atoms with van der Waals surface area (Å²) in [6.07, 6.45) is 0. The Kier molecular flexibility index (Phi) is 3.99. The summed E-state index contributed by atoms with van der Waals surface area (Å²) in [7, 11) is 1.83. The van der Waals surface area contributed by atoms with Gasteiger partial charge in [-0.05, 0) is 19.2 Å². The average molecular weight is 204 g/mol. The maximum Gasteiger partial charge on any atom is 0.142 e. The first kappa shape index (κ1) is 10.3. The normalized spacial score (nSPS) is 10.1. The molecule has 1 rings (SSSR count). The van der Waals surface area contributed by atoms with Crippen LogP contribution < -0.4 is 10.1 Å². The molecule has 1 aromatic carbocycles. The van der Waals surface area contributed by atoms with Crippen molar-refractivity contribution in [2.75, 3.05) is 20.2 Å². The quantitative estimate of drug-likeness (QED) is 0.757. The van der Waals surface area contributed by atoms with Crippen LogP contribution in [0.3, 0.4) is 0 Å². The van der Waals surface area contributed by atoms with E-state index in [1.54, 1.807) is 6.07 Å². The zero-order valence-corrected chi connectivity index (χ0v) is 8.07. The molecule has 1 N–H and O–H groups in total. The first-order valence-electron chi connectivity index (χ1n) is 3.96. The molecule has 0 amide bonds. The van der Waals surface area contributed by atoms with Crippen molar-refractivity contribution < 1.29 is 9.13 Å². The third-order valence-electron chi connectivity index (χ3n) is 1.51. The van der Waals surface area contributed by atoms with Crippen LogP contribution in [0.1, 0.15) is 0 Å². The summed E-state index contributed by atoms with van der Waals surface area (Å²) < 4.78 is 18.0. The van der Waals surface area contributed by atoms with E-state index in [0.29, 0.717) is 12.4 Å². The minimum absolute atomic E-state index is 0.0851. The molecule has 0 spiro atoms. The second kappa shape index (κ2) is 5.04. The number of halogens is 2. The second-order valence-corrected chi connectivity index (χ2v) is 2.94. The Bertz CT molecular complexity index is 280. The van der Waals surface area contributed by atoms with E-state index >= 15 is 0 Å².